The molecule has 2 saturated heterocycles. The Labute approximate surface area is 153 Å². The Hall–Kier alpha value is -1.54. The highest BCUT2D eigenvalue weighted by atomic mass is 32.2. The Morgan fingerprint density at radius 1 is 0.962 bits per heavy atom. The Morgan fingerprint density at radius 2 is 1.58 bits per heavy atom. The van der Waals surface area contributed by atoms with Gasteiger partial charge in [0.25, 0.3) is 0 Å². The topological polar surface area (TPSA) is 57.7 Å². The van der Waals surface area contributed by atoms with Crippen LogP contribution in [0.25, 0.3) is 0 Å². The zero-order valence-electron chi connectivity index (χ0n) is 14.7. The molecule has 26 heavy (non-hydrogen) atoms. The average Bonchev–Trinajstić information content (AvgIpc) is 2.92. The van der Waals surface area contributed by atoms with Crippen LogP contribution in [0.3, 0.4) is 0 Å². The maximum atomic E-state index is 13.9. The second kappa shape index (κ2) is 8.00. The number of carbonyl (C=O) groups excluding carboxylic acids is 1. The Balaban J connectivity index is 1.66. The maximum Gasteiger partial charge on any atom is 0.246 e. The fourth-order valence-corrected chi connectivity index (χ4v) is 5.25. The second-order valence-corrected chi connectivity index (χ2v) is 8.90. The maximum absolute atomic E-state index is 13.9. The predicted molar refractivity (Wildman–Crippen MR) is 92.9 cm³/mol. The molecule has 0 aromatic heterocycles. The van der Waals surface area contributed by atoms with Crippen LogP contribution in [0.4, 0.5) is 8.78 Å². The van der Waals surface area contributed by atoms with E-state index in [1.165, 1.54) is 0 Å². The minimum atomic E-state index is -4.10. The molecule has 0 radical (unpaired) electrons. The summed E-state index contributed by atoms with van der Waals surface area (Å²) in [5.74, 6) is -1.86. The van der Waals surface area contributed by atoms with Gasteiger partial charge >= 0.3 is 0 Å². The van der Waals surface area contributed by atoms with Gasteiger partial charge in [-0.05, 0) is 43.9 Å². The molecule has 8 heteroatoms. The smallest absolute Gasteiger partial charge is 0.246 e. The molecule has 5 nitrogen and oxygen atoms in total. The van der Waals surface area contributed by atoms with Crippen LogP contribution in [0.1, 0.15) is 38.5 Å². The van der Waals surface area contributed by atoms with Crippen molar-refractivity contribution in [2.45, 2.75) is 43.4 Å². The summed E-state index contributed by atoms with van der Waals surface area (Å²) in [6.45, 7) is 1.82. The molecule has 0 spiro atoms. The zero-order chi connectivity index (χ0) is 18.7. The fraction of sp³-hybridized carbons (Fsp3) is 0.611. The van der Waals surface area contributed by atoms with Gasteiger partial charge in [-0.15, -0.1) is 0 Å². The van der Waals surface area contributed by atoms with E-state index in [-0.39, 0.29) is 24.9 Å². The van der Waals surface area contributed by atoms with E-state index >= 15 is 0 Å². The van der Waals surface area contributed by atoms with Crippen molar-refractivity contribution >= 4 is 15.9 Å². The number of halogens is 2. The zero-order valence-corrected chi connectivity index (χ0v) is 15.5. The van der Waals surface area contributed by atoms with Crippen LogP contribution < -0.4 is 0 Å². The quantitative estimate of drug-likeness (QED) is 0.803. The van der Waals surface area contributed by atoms with E-state index in [0.29, 0.717) is 18.9 Å². The van der Waals surface area contributed by atoms with Gasteiger partial charge in [0.05, 0.1) is 0 Å². The molecule has 0 N–H and O–H groups in total. The summed E-state index contributed by atoms with van der Waals surface area (Å²) in [6.07, 6.45) is 5.12. The van der Waals surface area contributed by atoms with Gasteiger partial charge in [0.2, 0.25) is 15.9 Å². The first-order valence-corrected chi connectivity index (χ1v) is 10.6. The number of hydrogen-bond acceptors (Lipinski definition) is 3. The van der Waals surface area contributed by atoms with Gasteiger partial charge in [0.1, 0.15) is 16.5 Å². The van der Waals surface area contributed by atoms with Crippen molar-refractivity contribution in [2.75, 3.05) is 26.2 Å². The number of carbonyl (C=O) groups is 1. The lowest BCUT2D eigenvalue weighted by molar-refractivity contribution is -0.136. The van der Waals surface area contributed by atoms with Crippen LogP contribution in [0.5, 0.6) is 0 Å². The van der Waals surface area contributed by atoms with E-state index in [2.05, 4.69) is 0 Å². The highest BCUT2D eigenvalue weighted by molar-refractivity contribution is 7.89. The molecule has 0 bridgehead atoms. The van der Waals surface area contributed by atoms with Crippen LogP contribution in [0.15, 0.2) is 23.1 Å². The summed E-state index contributed by atoms with van der Waals surface area (Å²) in [5, 5.41) is 0. The third-order valence-corrected chi connectivity index (χ3v) is 7.15. The molecule has 0 aliphatic carbocycles. The molecule has 2 heterocycles. The van der Waals surface area contributed by atoms with E-state index in [1.807, 2.05) is 4.90 Å². The van der Waals surface area contributed by atoms with Gasteiger partial charge in [-0.25, -0.2) is 17.2 Å². The molecule has 1 amide bonds. The van der Waals surface area contributed by atoms with Crippen LogP contribution in [0.2, 0.25) is 0 Å². The van der Waals surface area contributed by atoms with Crippen LogP contribution >= 0.6 is 0 Å². The van der Waals surface area contributed by atoms with Crippen molar-refractivity contribution in [1.82, 2.24) is 9.21 Å². The van der Waals surface area contributed by atoms with Crippen LogP contribution in [-0.2, 0) is 14.8 Å². The molecule has 3 rings (SSSR count). The number of benzene rings is 1. The lowest BCUT2D eigenvalue weighted by Crippen LogP contribution is -2.44. The van der Waals surface area contributed by atoms with E-state index in [4.69, 9.17) is 0 Å². The van der Waals surface area contributed by atoms with Crippen molar-refractivity contribution in [3.8, 4) is 0 Å². The Bertz CT molecular complexity index is 754. The highest BCUT2D eigenvalue weighted by Crippen LogP contribution is 2.27. The van der Waals surface area contributed by atoms with E-state index < -0.39 is 26.6 Å². The first-order valence-electron chi connectivity index (χ1n) is 9.13. The van der Waals surface area contributed by atoms with Crippen molar-refractivity contribution < 1.29 is 22.0 Å². The third-order valence-electron chi connectivity index (χ3n) is 5.23. The second-order valence-electron chi connectivity index (χ2n) is 6.99. The Kier molecular flexibility index (Phi) is 5.92. The third kappa shape index (κ3) is 4.06. The molecule has 1 aromatic rings. The summed E-state index contributed by atoms with van der Waals surface area (Å²) in [5.41, 5.74) is 0. The number of likely N-dealkylation sites (tertiary alicyclic amines) is 1. The summed E-state index contributed by atoms with van der Waals surface area (Å²) < 4.78 is 53.6. The van der Waals surface area contributed by atoms with E-state index in [0.717, 1.165) is 55.2 Å². The van der Waals surface area contributed by atoms with E-state index in [9.17, 15) is 22.0 Å². The van der Waals surface area contributed by atoms with Gasteiger partial charge in [0, 0.05) is 32.1 Å². The molecule has 1 aromatic carbocycles. The minimum absolute atomic E-state index is 0.0980. The van der Waals surface area contributed by atoms with Gasteiger partial charge < -0.3 is 4.90 Å². The molecule has 2 aliphatic rings. The number of nitrogens with zero attached hydrogens (tertiary/aromatic N) is 2. The SMILES string of the molecule is O=C(C1CCN(S(=O)(=O)c2cc(F)ccc2F)CC1)N1CCCCCC1. The molecule has 2 fully saturated rings. The van der Waals surface area contributed by atoms with Crippen molar-refractivity contribution in [2.24, 2.45) is 5.92 Å². The summed E-state index contributed by atoms with van der Waals surface area (Å²) in [6, 6.07) is 2.41. The molecular formula is C18H24F2N2O3S. The fourth-order valence-electron chi connectivity index (χ4n) is 3.71. The molecule has 0 atom stereocenters. The summed E-state index contributed by atoms with van der Waals surface area (Å²) in [4.78, 5) is 13.9. The summed E-state index contributed by atoms with van der Waals surface area (Å²) >= 11 is 0. The van der Waals surface area contributed by atoms with E-state index in [1.54, 1.807) is 0 Å². The molecule has 2 aliphatic heterocycles. The average molecular weight is 386 g/mol. The van der Waals surface area contributed by atoms with Crippen LogP contribution in [0, 0.1) is 17.6 Å². The van der Waals surface area contributed by atoms with Crippen molar-refractivity contribution in [3.63, 3.8) is 0 Å². The monoisotopic (exact) mass is 386 g/mol. The number of sulfonamides is 1. The van der Waals surface area contributed by atoms with Crippen LogP contribution in [-0.4, -0.2) is 49.7 Å². The Morgan fingerprint density at radius 3 is 2.19 bits per heavy atom. The van der Waals surface area contributed by atoms with Gasteiger partial charge in [-0.2, -0.15) is 4.31 Å². The van der Waals surface area contributed by atoms with Gasteiger partial charge in [-0.1, -0.05) is 12.8 Å². The predicted octanol–water partition coefficient (Wildman–Crippen LogP) is 2.77. The number of hydrogen-bond donors (Lipinski definition) is 0. The normalized spacial score (nSPS) is 20.8. The molecule has 0 saturated carbocycles. The molecule has 0 unspecified atom stereocenters. The summed E-state index contributed by atoms with van der Waals surface area (Å²) in [7, 11) is -4.10. The standard InChI is InChI=1S/C18H24F2N2O3S/c19-15-5-6-16(20)17(13-15)26(24,25)22-11-7-14(8-12-22)18(23)21-9-3-1-2-4-10-21/h5-6,13-14H,1-4,7-12H2. The van der Waals surface area contributed by atoms with Gasteiger partial charge in [-0.3, -0.25) is 4.79 Å². The lowest BCUT2D eigenvalue weighted by Gasteiger charge is -2.33. The largest absolute Gasteiger partial charge is 0.342 e. The van der Waals surface area contributed by atoms with Gasteiger partial charge in [0.15, 0.2) is 0 Å². The number of amides is 1. The molecular weight excluding hydrogens is 362 g/mol. The van der Waals surface area contributed by atoms with Crippen molar-refractivity contribution in [3.05, 3.63) is 29.8 Å². The minimum Gasteiger partial charge on any atom is -0.342 e. The van der Waals surface area contributed by atoms with Crippen molar-refractivity contribution in [1.29, 1.82) is 0 Å². The number of rotatable bonds is 3. The first kappa shape index (κ1) is 19.2. The molecule has 144 valence electrons. The highest BCUT2D eigenvalue weighted by Gasteiger charge is 2.35. The lowest BCUT2D eigenvalue weighted by atomic mass is 9.96. The first-order chi connectivity index (χ1) is 12.4. The number of piperidine rings is 1.